The van der Waals surface area contributed by atoms with E-state index >= 15 is 0 Å². The van der Waals surface area contributed by atoms with E-state index in [2.05, 4.69) is 5.32 Å². The van der Waals surface area contributed by atoms with Crippen LogP contribution in [0.2, 0.25) is 5.02 Å². The number of hydrogen-bond acceptors (Lipinski definition) is 4. The van der Waals surface area contributed by atoms with E-state index < -0.39 is 28.5 Å². The Kier molecular flexibility index (Phi) is 8.37. The van der Waals surface area contributed by atoms with E-state index in [4.69, 9.17) is 11.6 Å². The van der Waals surface area contributed by atoms with Crippen molar-refractivity contribution < 1.29 is 18.0 Å². The van der Waals surface area contributed by atoms with Crippen molar-refractivity contribution in [1.29, 1.82) is 0 Å². The largest absolute Gasteiger partial charge is 0.352 e. The Morgan fingerprint density at radius 1 is 1.09 bits per heavy atom. The molecule has 33 heavy (non-hydrogen) atoms. The van der Waals surface area contributed by atoms with Crippen LogP contribution in [0.5, 0.6) is 0 Å². The molecule has 1 aliphatic carbocycles. The molecule has 0 heterocycles. The zero-order valence-corrected chi connectivity index (χ0v) is 20.5. The molecule has 0 radical (unpaired) electrons. The minimum Gasteiger partial charge on any atom is -0.352 e. The molecule has 0 saturated heterocycles. The highest BCUT2D eigenvalue weighted by Crippen LogP contribution is 2.23. The molecule has 0 aromatic heterocycles. The molecular formula is C24H30ClN3O4S. The average Bonchev–Trinajstić information content (AvgIpc) is 3.28. The van der Waals surface area contributed by atoms with Crippen LogP contribution in [0.4, 0.5) is 5.69 Å². The van der Waals surface area contributed by atoms with Crippen molar-refractivity contribution in [1.82, 2.24) is 10.2 Å². The average molecular weight is 492 g/mol. The highest BCUT2D eigenvalue weighted by molar-refractivity contribution is 7.92. The fraction of sp³-hybridized carbons (Fsp3) is 0.417. The predicted molar refractivity (Wildman–Crippen MR) is 130 cm³/mol. The van der Waals surface area contributed by atoms with E-state index in [9.17, 15) is 18.0 Å². The Bertz CT molecular complexity index is 1070. The maximum absolute atomic E-state index is 13.5. The summed E-state index contributed by atoms with van der Waals surface area (Å²) in [7, 11) is -3.77. The number of benzene rings is 2. The number of amides is 2. The zero-order chi connectivity index (χ0) is 24.0. The van der Waals surface area contributed by atoms with E-state index in [1.165, 1.54) is 11.0 Å². The number of carbonyl (C=O) groups is 2. The number of nitrogens with zero attached hydrogens (tertiary/aromatic N) is 2. The quantitative estimate of drug-likeness (QED) is 0.580. The maximum Gasteiger partial charge on any atom is 0.244 e. The lowest BCUT2D eigenvalue weighted by Crippen LogP contribution is -2.52. The number of hydrogen-bond donors (Lipinski definition) is 1. The van der Waals surface area contributed by atoms with Crippen LogP contribution in [0.25, 0.3) is 0 Å². The normalized spacial score (nSPS) is 15.1. The lowest BCUT2D eigenvalue weighted by Gasteiger charge is -2.32. The van der Waals surface area contributed by atoms with Gasteiger partial charge in [0.2, 0.25) is 21.8 Å². The number of sulfonamides is 1. The summed E-state index contributed by atoms with van der Waals surface area (Å²) in [5.41, 5.74) is 1.14. The fourth-order valence-electron chi connectivity index (χ4n) is 4.00. The molecule has 1 atom stereocenters. The lowest BCUT2D eigenvalue weighted by atomic mass is 10.1. The van der Waals surface area contributed by atoms with Gasteiger partial charge >= 0.3 is 0 Å². The van der Waals surface area contributed by atoms with E-state index in [0.29, 0.717) is 10.7 Å². The van der Waals surface area contributed by atoms with E-state index in [0.717, 1.165) is 41.8 Å². The molecule has 2 aromatic rings. The van der Waals surface area contributed by atoms with Crippen molar-refractivity contribution in [2.45, 2.75) is 51.2 Å². The molecule has 1 aliphatic rings. The molecule has 0 spiro atoms. The molecule has 1 saturated carbocycles. The van der Waals surface area contributed by atoms with Gasteiger partial charge in [-0.3, -0.25) is 13.9 Å². The van der Waals surface area contributed by atoms with Crippen LogP contribution in [0, 0.1) is 0 Å². The Hall–Kier alpha value is -2.58. The van der Waals surface area contributed by atoms with Gasteiger partial charge in [0.25, 0.3) is 0 Å². The van der Waals surface area contributed by atoms with Crippen LogP contribution >= 0.6 is 11.6 Å². The summed E-state index contributed by atoms with van der Waals surface area (Å²) in [5.74, 6) is -0.710. The first-order valence-electron chi connectivity index (χ1n) is 11.0. The summed E-state index contributed by atoms with van der Waals surface area (Å²) in [4.78, 5) is 27.9. The number of carbonyl (C=O) groups excluding carboxylic acids is 2. The van der Waals surface area contributed by atoms with Crippen LogP contribution in [0.15, 0.2) is 54.6 Å². The van der Waals surface area contributed by atoms with Crippen LogP contribution in [-0.4, -0.2) is 50.0 Å². The molecule has 0 unspecified atom stereocenters. The third-order valence-electron chi connectivity index (χ3n) is 5.84. The first kappa shape index (κ1) is 25.1. The zero-order valence-electron chi connectivity index (χ0n) is 18.9. The Morgan fingerprint density at radius 3 is 2.36 bits per heavy atom. The van der Waals surface area contributed by atoms with Gasteiger partial charge in [-0.1, -0.05) is 60.8 Å². The summed E-state index contributed by atoms with van der Waals surface area (Å²) >= 11 is 6.05. The number of anilines is 1. The molecule has 0 bridgehead atoms. The highest BCUT2D eigenvalue weighted by Gasteiger charge is 2.31. The Balaban J connectivity index is 1.85. The van der Waals surface area contributed by atoms with Crippen molar-refractivity contribution in [3.8, 4) is 0 Å². The van der Waals surface area contributed by atoms with Crippen molar-refractivity contribution in [2.24, 2.45) is 0 Å². The van der Waals surface area contributed by atoms with Crippen LogP contribution in [0.3, 0.4) is 0 Å². The van der Waals surface area contributed by atoms with Gasteiger partial charge in [-0.25, -0.2) is 8.42 Å². The van der Waals surface area contributed by atoms with Crippen molar-refractivity contribution >= 4 is 39.1 Å². The van der Waals surface area contributed by atoms with Crippen molar-refractivity contribution in [3.63, 3.8) is 0 Å². The number of rotatable bonds is 9. The highest BCUT2D eigenvalue weighted by atomic mass is 35.5. The molecule has 9 heteroatoms. The second-order valence-corrected chi connectivity index (χ2v) is 10.8. The third-order valence-corrected chi connectivity index (χ3v) is 7.22. The summed E-state index contributed by atoms with van der Waals surface area (Å²) in [6, 6.07) is 15.0. The molecule has 7 nitrogen and oxygen atoms in total. The summed E-state index contributed by atoms with van der Waals surface area (Å²) < 4.78 is 26.1. The molecule has 3 rings (SSSR count). The summed E-state index contributed by atoms with van der Waals surface area (Å²) in [5, 5.41) is 3.40. The second kappa shape index (κ2) is 11.0. The van der Waals surface area contributed by atoms with Crippen LogP contribution in [-0.2, 0) is 26.2 Å². The minimum atomic E-state index is -3.77. The van der Waals surface area contributed by atoms with Crippen molar-refractivity contribution in [3.05, 3.63) is 65.2 Å². The SMILES string of the molecule is C[C@H](C(=O)NC1CCCC1)N(Cc1ccccc1)C(=O)CN(c1cccc(Cl)c1)S(C)(=O)=O. The van der Waals surface area contributed by atoms with E-state index in [1.807, 2.05) is 30.3 Å². The first-order valence-corrected chi connectivity index (χ1v) is 13.2. The lowest BCUT2D eigenvalue weighted by molar-refractivity contribution is -0.139. The molecule has 1 N–H and O–H groups in total. The molecule has 178 valence electrons. The molecule has 0 aliphatic heterocycles. The van der Waals surface area contributed by atoms with Gasteiger partial charge in [0, 0.05) is 17.6 Å². The fourth-order valence-corrected chi connectivity index (χ4v) is 5.03. The van der Waals surface area contributed by atoms with Gasteiger partial charge in [0.1, 0.15) is 12.6 Å². The Labute approximate surface area is 200 Å². The second-order valence-electron chi connectivity index (χ2n) is 8.42. The summed E-state index contributed by atoms with van der Waals surface area (Å²) in [6.45, 7) is 1.43. The molecule has 2 amide bonds. The first-order chi connectivity index (χ1) is 15.6. The Morgan fingerprint density at radius 2 is 1.76 bits per heavy atom. The van der Waals surface area contributed by atoms with E-state index in [-0.39, 0.29) is 18.5 Å². The van der Waals surface area contributed by atoms with Gasteiger partial charge in [0.05, 0.1) is 11.9 Å². The number of nitrogens with one attached hydrogen (secondary N) is 1. The smallest absolute Gasteiger partial charge is 0.244 e. The third kappa shape index (κ3) is 6.95. The standard InChI is InChI=1S/C24H30ClN3O4S/c1-18(24(30)26-21-12-6-7-13-21)27(16-19-9-4-3-5-10-19)23(29)17-28(33(2,31)32)22-14-8-11-20(25)15-22/h3-5,8-11,14-15,18,21H,6-7,12-13,16-17H2,1-2H3,(H,26,30)/t18-/m1/s1. The molecule has 1 fully saturated rings. The van der Waals surface area contributed by atoms with Gasteiger partial charge < -0.3 is 10.2 Å². The predicted octanol–water partition coefficient (Wildman–Crippen LogP) is 3.58. The van der Waals surface area contributed by atoms with E-state index in [1.54, 1.807) is 25.1 Å². The minimum absolute atomic E-state index is 0.118. The van der Waals surface area contributed by atoms with Crippen LogP contribution < -0.4 is 9.62 Å². The topological polar surface area (TPSA) is 86.8 Å². The summed E-state index contributed by atoms with van der Waals surface area (Å²) in [6.07, 6.45) is 5.06. The number of halogens is 1. The van der Waals surface area contributed by atoms with Gasteiger partial charge in [0.15, 0.2) is 0 Å². The van der Waals surface area contributed by atoms with Crippen molar-refractivity contribution in [2.75, 3.05) is 17.1 Å². The maximum atomic E-state index is 13.5. The van der Waals surface area contributed by atoms with Gasteiger partial charge in [-0.05, 0) is 43.5 Å². The van der Waals surface area contributed by atoms with Gasteiger partial charge in [-0.15, -0.1) is 0 Å². The molecular weight excluding hydrogens is 462 g/mol. The molecule has 2 aromatic carbocycles. The van der Waals surface area contributed by atoms with Gasteiger partial charge in [-0.2, -0.15) is 0 Å². The monoisotopic (exact) mass is 491 g/mol. The van der Waals surface area contributed by atoms with Crippen LogP contribution in [0.1, 0.15) is 38.2 Å².